The first kappa shape index (κ1) is 16.4. The van der Waals surface area contributed by atoms with E-state index in [9.17, 15) is 18.0 Å². The molecule has 0 aliphatic rings. The number of hydrogen-bond donors (Lipinski definition) is 1. The van der Waals surface area contributed by atoms with Crippen molar-refractivity contribution >= 4 is 23.2 Å². The van der Waals surface area contributed by atoms with Gasteiger partial charge in [0.1, 0.15) is 0 Å². The zero-order valence-corrected chi connectivity index (χ0v) is 12.6. The molecule has 0 saturated carbocycles. The standard InChI is InChI=1S/C16H13ClF3NO/c1-9-5-10(2)7-11(6-9)15(22)21-14-8-12(16(18,19)20)3-4-13(14)17/h3-8H,1-2H3,(H,21,22). The molecule has 2 aromatic carbocycles. The number of anilines is 1. The van der Waals surface area contributed by atoms with Crippen LogP contribution in [-0.4, -0.2) is 5.91 Å². The van der Waals surface area contributed by atoms with Crippen molar-refractivity contribution in [1.29, 1.82) is 0 Å². The second-order valence-electron chi connectivity index (χ2n) is 5.02. The molecular weight excluding hydrogens is 315 g/mol. The van der Waals surface area contributed by atoms with Gasteiger partial charge in [0.2, 0.25) is 0 Å². The van der Waals surface area contributed by atoms with E-state index in [1.807, 2.05) is 19.9 Å². The Morgan fingerprint density at radius 2 is 1.64 bits per heavy atom. The van der Waals surface area contributed by atoms with Gasteiger partial charge in [0.25, 0.3) is 5.91 Å². The number of aryl methyl sites for hydroxylation is 2. The topological polar surface area (TPSA) is 29.1 Å². The van der Waals surface area contributed by atoms with Crippen molar-refractivity contribution in [2.24, 2.45) is 0 Å². The summed E-state index contributed by atoms with van der Waals surface area (Å²) in [6.45, 7) is 3.67. The molecule has 2 aromatic rings. The lowest BCUT2D eigenvalue weighted by Crippen LogP contribution is -2.14. The van der Waals surface area contributed by atoms with Crippen molar-refractivity contribution < 1.29 is 18.0 Å². The van der Waals surface area contributed by atoms with Crippen LogP contribution in [0.5, 0.6) is 0 Å². The van der Waals surface area contributed by atoms with Crippen LogP contribution in [0.4, 0.5) is 18.9 Å². The molecule has 0 aliphatic carbocycles. The minimum atomic E-state index is -4.50. The molecule has 2 rings (SSSR count). The number of amides is 1. The maximum Gasteiger partial charge on any atom is 0.416 e. The highest BCUT2D eigenvalue weighted by Gasteiger charge is 2.31. The third-order valence-corrected chi connectivity index (χ3v) is 3.36. The van der Waals surface area contributed by atoms with Gasteiger partial charge in [-0.05, 0) is 44.2 Å². The summed E-state index contributed by atoms with van der Waals surface area (Å²) in [5.74, 6) is -0.506. The first-order valence-electron chi connectivity index (χ1n) is 6.43. The van der Waals surface area contributed by atoms with Crippen LogP contribution in [0.1, 0.15) is 27.0 Å². The van der Waals surface area contributed by atoms with E-state index in [-0.39, 0.29) is 10.7 Å². The summed E-state index contributed by atoms with van der Waals surface area (Å²) in [4.78, 5) is 12.2. The van der Waals surface area contributed by atoms with Crippen molar-refractivity contribution in [3.63, 3.8) is 0 Å². The molecule has 1 amide bonds. The van der Waals surface area contributed by atoms with Crippen molar-refractivity contribution in [1.82, 2.24) is 0 Å². The number of nitrogens with one attached hydrogen (secondary N) is 1. The highest BCUT2D eigenvalue weighted by atomic mass is 35.5. The molecule has 0 aliphatic heterocycles. The van der Waals surface area contributed by atoms with E-state index in [1.165, 1.54) is 0 Å². The fraction of sp³-hybridized carbons (Fsp3) is 0.188. The molecule has 0 unspecified atom stereocenters. The SMILES string of the molecule is Cc1cc(C)cc(C(=O)Nc2cc(C(F)(F)F)ccc2Cl)c1. The summed E-state index contributed by atoms with van der Waals surface area (Å²) in [6.07, 6.45) is -4.50. The maximum absolute atomic E-state index is 12.7. The van der Waals surface area contributed by atoms with Gasteiger partial charge in [-0.25, -0.2) is 0 Å². The zero-order valence-electron chi connectivity index (χ0n) is 11.9. The third-order valence-electron chi connectivity index (χ3n) is 3.03. The number of benzene rings is 2. The van der Waals surface area contributed by atoms with Gasteiger partial charge in [0.15, 0.2) is 0 Å². The molecule has 0 bridgehead atoms. The van der Waals surface area contributed by atoms with Gasteiger partial charge in [0, 0.05) is 5.56 Å². The Balaban J connectivity index is 2.32. The largest absolute Gasteiger partial charge is 0.416 e. The molecule has 0 radical (unpaired) electrons. The van der Waals surface area contributed by atoms with Gasteiger partial charge >= 0.3 is 6.18 Å². The van der Waals surface area contributed by atoms with Crippen molar-refractivity contribution in [2.45, 2.75) is 20.0 Å². The van der Waals surface area contributed by atoms with Gasteiger partial charge in [-0.3, -0.25) is 4.79 Å². The van der Waals surface area contributed by atoms with Crippen molar-refractivity contribution in [2.75, 3.05) is 5.32 Å². The summed E-state index contributed by atoms with van der Waals surface area (Å²) < 4.78 is 38.1. The van der Waals surface area contributed by atoms with Crippen LogP contribution in [0.3, 0.4) is 0 Å². The first-order valence-corrected chi connectivity index (χ1v) is 6.81. The van der Waals surface area contributed by atoms with Gasteiger partial charge < -0.3 is 5.32 Å². The van der Waals surface area contributed by atoms with Gasteiger partial charge in [-0.15, -0.1) is 0 Å². The first-order chi connectivity index (χ1) is 10.2. The maximum atomic E-state index is 12.7. The number of rotatable bonds is 2. The van der Waals surface area contributed by atoms with Gasteiger partial charge in [0.05, 0.1) is 16.3 Å². The second kappa shape index (κ2) is 6.01. The lowest BCUT2D eigenvalue weighted by Gasteiger charge is -2.12. The van der Waals surface area contributed by atoms with Crippen LogP contribution < -0.4 is 5.32 Å². The monoisotopic (exact) mass is 327 g/mol. The molecule has 2 nitrogen and oxygen atoms in total. The Morgan fingerprint density at radius 1 is 1.05 bits per heavy atom. The van der Waals surface area contributed by atoms with Gasteiger partial charge in [-0.1, -0.05) is 28.8 Å². The van der Waals surface area contributed by atoms with E-state index < -0.39 is 17.6 Å². The fourth-order valence-electron chi connectivity index (χ4n) is 2.10. The lowest BCUT2D eigenvalue weighted by molar-refractivity contribution is -0.137. The predicted molar refractivity (Wildman–Crippen MR) is 80.3 cm³/mol. The second-order valence-corrected chi connectivity index (χ2v) is 5.43. The summed E-state index contributed by atoms with van der Waals surface area (Å²) in [7, 11) is 0. The molecule has 116 valence electrons. The predicted octanol–water partition coefficient (Wildman–Crippen LogP) is 5.23. The summed E-state index contributed by atoms with van der Waals surface area (Å²) in [5, 5.41) is 2.47. The van der Waals surface area contributed by atoms with E-state index in [0.29, 0.717) is 5.56 Å². The van der Waals surface area contributed by atoms with E-state index in [0.717, 1.165) is 29.3 Å². The number of halogens is 4. The van der Waals surface area contributed by atoms with Gasteiger partial charge in [-0.2, -0.15) is 13.2 Å². The minimum Gasteiger partial charge on any atom is -0.321 e. The highest BCUT2D eigenvalue weighted by Crippen LogP contribution is 2.34. The van der Waals surface area contributed by atoms with E-state index in [1.54, 1.807) is 12.1 Å². The quantitative estimate of drug-likeness (QED) is 0.804. The van der Waals surface area contributed by atoms with Crippen LogP contribution in [0, 0.1) is 13.8 Å². The zero-order chi connectivity index (χ0) is 16.5. The molecule has 0 fully saturated rings. The fourth-order valence-corrected chi connectivity index (χ4v) is 2.26. The normalized spacial score (nSPS) is 11.4. The average molecular weight is 328 g/mol. The highest BCUT2D eigenvalue weighted by molar-refractivity contribution is 6.34. The number of carbonyl (C=O) groups excluding carboxylic acids is 1. The molecule has 0 heterocycles. The molecule has 1 N–H and O–H groups in total. The Hall–Kier alpha value is -2.01. The van der Waals surface area contributed by atoms with Crippen LogP contribution in [-0.2, 0) is 6.18 Å². The smallest absolute Gasteiger partial charge is 0.321 e. The van der Waals surface area contributed by atoms with Crippen LogP contribution in [0.25, 0.3) is 0 Å². The van der Waals surface area contributed by atoms with E-state index >= 15 is 0 Å². The molecule has 6 heteroatoms. The Bertz CT molecular complexity index is 706. The summed E-state index contributed by atoms with van der Waals surface area (Å²) >= 11 is 5.86. The summed E-state index contributed by atoms with van der Waals surface area (Å²) in [5.41, 5.74) is 1.21. The third kappa shape index (κ3) is 3.80. The Labute approximate surface area is 130 Å². The van der Waals surface area contributed by atoms with E-state index in [2.05, 4.69) is 5.32 Å². The van der Waals surface area contributed by atoms with E-state index in [4.69, 9.17) is 11.6 Å². The molecule has 0 aromatic heterocycles. The van der Waals surface area contributed by atoms with Crippen LogP contribution in [0.15, 0.2) is 36.4 Å². The average Bonchev–Trinajstić information content (AvgIpc) is 2.38. The number of carbonyl (C=O) groups is 1. The molecular formula is C16H13ClF3NO. The summed E-state index contributed by atoms with van der Waals surface area (Å²) in [6, 6.07) is 8.01. The van der Waals surface area contributed by atoms with Crippen molar-refractivity contribution in [3.8, 4) is 0 Å². The number of hydrogen-bond acceptors (Lipinski definition) is 1. The molecule has 0 spiro atoms. The minimum absolute atomic E-state index is 0.0470. The molecule has 0 saturated heterocycles. The Kier molecular flexibility index (Phi) is 4.47. The van der Waals surface area contributed by atoms with Crippen LogP contribution in [0.2, 0.25) is 5.02 Å². The molecule has 22 heavy (non-hydrogen) atoms. The van der Waals surface area contributed by atoms with Crippen LogP contribution >= 0.6 is 11.6 Å². The molecule has 0 atom stereocenters. The Morgan fingerprint density at radius 3 is 2.18 bits per heavy atom. The van der Waals surface area contributed by atoms with Crippen molar-refractivity contribution in [3.05, 3.63) is 63.7 Å². The lowest BCUT2D eigenvalue weighted by atomic mass is 10.1. The number of alkyl halides is 3.